The van der Waals surface area contributed by atoms with Gasteiger partial charge < -0.3 is 10.2 Å². The van der Waals surface area contributed by atoms with Gasteiger partial charge in [-0.05, 0) is 74.2 Å². The Morgan fingerprint density at radius 3 is 2.32 bits per heavy atom. The number of anilines is 1. The summed E-state index contributed by atoms with van der Waals surface area (Å²) in [6.07, 6.45) is 1.98. The topological polar surface area (TPSA) is 86.8 Å². The van der Waals surface area contributed by atoms with Crippen molar-refractivity contribution in [2.75, 3.05) is 24.5 Å². The molecule has 0 unspecified atom stereocenters. The molecule has 2 amide bonds. The molecule has 2 aromatic rings. The molecule has 2 fully saturated rings. The van der Waals surface area contributed by atoms with Crippen molar-refractivity contribution in [3.8, 4) is 0 Å². The first-order valence-electron chi connectivity index (χ1n) is 10.5. The highest BCUT2D eigenvalue weighted by Crippen LogP contribution is 2.25. The van der Waals surface area contributed by atoms with Crippen LogP contribution in [0.3, 0.4) is 0 Å². The van der Waals surface area contributed by atoms with Crippen LogP contribution in [0.2, 0.25) is 0 Å². The highest BCUT2D eigenvalue weighted by Gasteiger charge is 2.32. The number of carbonyl (C=O) groups excluding carboxylic acids is 2. The van der Waals surface area contributed by atoms with Gasteiger partial charge in [-0.1, -0.05) is 6.07 Å². The van der Waals surface area contributed by atoms with E-state index in [0.29, 0.717) is 25.2 Å². The van der Waals surface area contributed by atoms with Gasteiger partial charge >= 0.3 is 0 Å². The highest BCUT2D eigenvalue weighted by molar-refractivity contribution is 7.89. The number of sulfonamides is 1. The van der Waals surface area contributed by atoms with Gasteiger partial charge in [-0.25, -0.2) is 8.42 Å². The first kappa shape index (κ1) is 21.5. The van der Waals surface area contributed by atoms with E-state index in [4.69, 9.17) is 0 Å². The highest BCUT2D eigenvalue weighted by atomic mass is 32.2. The molecule has 0 saturated carbocycles. The maximum Gasteiger partial charge on any atom is 0.251 e. The van der Waals surface area contributed by atoms with Gasteiger partial charge in [0.1, 0.15) is 0 Å². The summed E-state index contributed by atoms with van der Waals surface area (Å²) >= 11 is 0. The van der Waals surface area contributed by atoms with Crippen LogP contribution in [0.5, 0.6) is 0 Å². The van der Waals surface area contributed by atoms with Gasteiger partial charge in [0.25, 0.3) is 5.91 Å². The Kier molecular flexibility index (Phi) is 5.85. The van der Waals surface area contributed by atoms with Gasteiger partial charge in [0.15, 0.2) is 0 Å². The zero-order valence-electron chi connectivity index (χ0n) is 17.8. The fourth-order valence-electron chi connectivity index (χ4n) is 4.07. The quantitative estimate of drug-likeness (QED) is 0.773. The maximum absolute atomic E-state index is 12.7. The molecule has 0 bridgehead atoms. The fraction of sp³-hybridized carbons (Fsp3) is 0.391. The van der Waals surface area contributed by atoms with Crippen molar-refractivity contribution >= 4 is 27.5 Å². The lowest BCUT2D eigenvalue weighted by molar-refractivity contribution is -0.117. The normalized spacial score (nSPS) is 19.7. The van der Waals surface area contributed by atoms with Gasteiger partial charge in [-0.3, -0.25) is 9.59 Å². The summed E-state index contributed by atoms with van der Waals surface area (Å²) < 4.78 is 26.7. The van der Waals surface area contributed by atoms with Crippen molar-refractivity contribution < 1.29 is 18.0 Å². The molecule has 2 aliphatic rings. The molecule has 0 aliphatic carbocycles. The van der Waals surface area contributed by atoms with Crippen molar-refractivity contribution in [3.63, 3.8) is 0 Å². The lowest BCUT2D eigenvalue weighted by Crippen LogP contribution is -2.37. The Hall–Kier alpha value is -2.71. The van der Waals surface area contributed by atoms with Gasteiger partial charge in [-0.15, -0.1) is 0 Å². The molecule has 31 heavy (non-hydrogen) atoms. The van der Waals surface area contributed by atoms with Crippen LogP contribution in [0.15, 0.2) is 47.4 Å². The van der Waals surface area contributed by atoms with Gasteiger partial charge in [-0.2, -0.15) is 4.31 Å². The average Bonchev–Trinajstić information content (AvgIpc) is 3.41. The Morgan fingerprint density at radius 1 is 1.00 bits per heavy atom. The van der Waals surface area contributed by atoms with Crippen molar-refractivity contribution in [1.82, 2.24) is 9.62 Å². The predicted octanol–water partition coefficient (Wildman–Crippen LogP) is 2.62. The summed E-state index contributed by atoms with van der Waals surface area (Å²) in [5, 5.41) is 2.90. The SMILES string of the molecule is Cc1ccc(N2C[C@@H](NC(=O)c3ccc(S(=O)(=O)N4CCCC4)cc3)CC2=O)cc1C. The molecule has 164 valence electrons. The molecular weight excluding hydrogens is 414 g/mol. The average molecular weight is 442 g/mol. The number of nitrogens with zero attached hydrogens (tertiary/aromatic N) is 2. The third kappa shape index (κ3) is 4.36. The molecule has 2 aliphatic heterocycles. The number of hydrogen-bond donors (Lipinski definition) is 1. The van der Waals surface area contributed by atoms with Crippen LogP contribution in [0.1, 0.15) is 40.7 Å². The Bertz CT molecular complexity index is 1110. The third-order valence-corrected chi connectivity index (χ3v) is 7.99. The number of amides is 2. The lowest BCUT2D eigenvalue weighted by atomic mass is 10.1. The standard InChI is InChI=1S/C23H27N3O4S/c1-16-5-8-20(13-17(16)2)26-15-19(14-22(26)27)24-23(28)18-6-9-21(10-7-18)31(29,30)25-11-3-4-12-25/h5-10,13,19H,3-4,11-12,14-15H2,1-2H3,(H,24,28)/t19-/m0/s1. The van der Waals surface area contributed by atoms with Crippen LogP contribution in [-0.4, -0.2) is 50.2 Å². The van der Waals surface area contributed by atoms with Crippen molar-refractivity contribution in [2.24, 2.45) is 0 Å². The minimum absolute atomic E-state index is 0.0272. The van der Waals surface area contributed by atoms with E-state index < -0.39 is 10.0 Å². The molecule has 0 radical (unpaired) electrons. The Labute approximate surface area is 183 Å². The van der Waals surface area contributed by atoms with Gasteiger partial charge in [0, 0.05) is 37.3 Å². The molecule has 7 nitrogen and oxygen atoms in total. The molecule has 2 saturated heterocycles. The zero-order valence-corrected chi connectivity index (χ0v) is 18.6. The van der Waals surface area contributed by atoms with E-state index in [1.165, 1.54) is 28.6 Å². The largest absolute Gasteiger partial charge is 0.347 e. The van der Waals surface area contributed by atoms with E-state index in [-0.39, 0.29) is 29.2 Å². The molecule has 8 heteroatoms. The number of rotatable bonds is 5. The fourth-order valence-corrected chi connectivity index (χ4v) is 5.59. The molecule has 1 N–H and O–H groups in total. The number of benzene rings is 2. The first-order valence-corrected chi connectivity index (χ1v) is 12.0. The molecule has 2 heterocycles. The van der Waals surface area contributed by atoms with Gasteiger partial charge in [0.2, 0.25) is 15.9 Å². The van der Waals surface area contributed by atoms with Crippen LogP contribution in [-0.2, 0) is 14.8 Å². The molecule has 0 aromatic heterocycles. The van der Waals surface area contributed by atoms with Gasteiger partial charge in [0.05, 0.1) is 10.9 Å². The summed E-state index contributed by atoms with van der Waals surface area (Å²) in [4.78, 5) is 27.0. The summed E-state index contributed by atoms with van der Waals surface area (Å²) in [6, 6.07) is 11.6. The second kappa shape index (κ2) is 8.43. The molecule has 1 atom stereocenters. The van der Waals surface area contributed by atoms with Crippen LogP contribution in [0.4, 0.5) is 5.69 Å². The van der Waals surface area contributed by atoms with Crippen LogP contribution < -0.4 is 10.2 Å². The number of carbonyl (C=O) groups is 2. The van der Waals surface area contributed by atoms with E-state index in [2.05, 4.69) is 5.32 Å². The number of hydrogen-bond acceptors (Lipinski definition) is 4. The van der Waals surface area contributed by atoms with Crippen molar-refractivity contribution in [2.45, 2.75) is 44.0 Å². The van der Waals surface area contributed by atoms with E-state index in [0.717, 1.165) is 29.7 Å². The molecule has 2 aromatic carbocycles. The predicted molar refractivity (Wildman–Crippen MR) is 119 cm³/mol. The monoisotopic (exact) mass is 441 g/mol. The van der Waals surface area contributed by atoms with Crippen LogP contribution in [0.25, 0.3) is 0 Å². The zero-order chi connectivity index (χ0) is 22.2. The number of aryl methyl sites for hydroxylation is 2. The summed E-state index contributed by atoms with van der Waals surface area (Å²) in [5.74, 6) is -0.342. The third-order valence-electron chi connectivity index (χ3n) is 6.08. The van der Waals surface area contributed by atoms with E-state index >= 15 is 0 Å². The molecule has 4 rings (SSSR count). The smallest absolute Gasteiger partial charge is 0.251 e. The second-order valence-electron chi connectivity index (χ2n) is 8.28. The van der Waals surface area contributed by atoms with Crippen LogP contribution in [0, 0.1) is 13.8 Å². The Morgan fingerprint density at radius 2 is 1.68 bits per heavy atom. The number of nitrogens with one attached hydrogen (secondary N) is 1. The maximum atomic E-state index is 12.7. The summed E-state index contributed by atoms with van der Waals surface area (Å²) in [6.45, 7) is 5.52. The van der Waals surface area contributed by atoms with E-state index in [1.807, 2.05) is 32.0 Å². The summed E-state index contributed by atoms with van der Waals surface area (Å²) in [7, 11) is -3.51. The van der Waals surface area contributed by atoms with Crippen molar-refractivity contribution in [3.05, 3.63) is 59.2 Å². The van der Waals surface area contributed by atoms with E-state index in [1.54, 1.807) is 4.90 Å². The van der Waals surface area contributed by atoms with Crippen molar-refractivity contribution in [1.29, 1.82) is 0 Å². The molecule has 0 spiro atoms. The summed E-state index contributed by atoms with van der Waals surface area (Å²) in [5.41, 5.74) is 3.48. The second-order valence-corrected chi connectivity index (χ2v) is 10.2. The minimum atomic E-state index is -3.51. The first-order chi connectivity index (χ1) is 14.8. The molecular formula is C23H27N3O4S. The Balaban J connectivity index is 1.41. The van der Waals surface area contributed by atoms with E-state index in [9.17, 15) is 18.0 Å². The minimum Gasteiger partial charge on any atom is -0.347 e. The van der Waals surface area contributed by atoms with Crippen LogP contribution >= 0.6 is 0 Å². The lowest BCUT2D eigenvalue weighted by Gasteiger charge is -2.18.